The molecule has 0 aliphatic carbocycles. The van der Waals surface area contributed by atoms with Gasteiger partial charge in [0, 0.05) is 45.5 Å². The summed E-state index contributed by atoms with van der Waals surface area (Å²) in [6, 6.07) is 12.7. The molecule has 1 fully saturated rings. The summed E-state index contributed by atoms with van der Waals surface area (Å²) in [5.74, 6) is 1.90. The van der Waals surface area contributed by atoms with Gasteiger partial charge in [0.05, 0.1) is 6.54 Å². The molecule has 0 spiro atoms. The second kappa shape index (κ2) is 10.8. The summed E-state index contributed by atoms with van der Waals surface area (Å²) in [6.45, 7) is 14.1. The predicted octanol–water partition coefficient (Wildman–Crippen LogP) is 2.79. The van der Waals surface area contributed by atoms with Crippen molar-refractivity contribution >= 4 is 11.8 Å². The molecule has 0 unspecified atom stereocenters. The SMILES string of the molecule is CCNC(=NCc1ccc(N2CCN(CC)CC2)nc1)NCc1ccccc1C. The van der Waals surface area contributed by atoms with Gasteiger partial charge in [0.25, 0.3) is 0 Å². The Hall–Kier alpha value is -2.60. The molecular weight excluding hydrogens is 360 g/mol. The standard InChI is InChI=1S/C23H34N6/c1-4-24-23(27-18-21-9-7-6-8-19(21)3)26-17-20-10-11-22(25-16-20)29-14-12-28(5-2)13-15-29/h6-11,16H,4-5,12-15,17-18H2,1-3H3,(H2,24,26,27). The van der Waals surface area contributed by atoms with Crippen molar-refractivity contribution in [2.75, 3.05) is 44.2 Å². The first-order valence-corrected chi connectivity index (χ1v) is 10.7. The van der Waals surface area contributed by atoms with E-state index in [4.69, 9.17) is 4.99 Å². The molecule has 0 atom stereocenters. The van der Waals surface area contributed by atoms with E-state index in [-0.39, 0.29) is 0 Å². The number of hydrogen-bond acceptors (Lipinski definition) is 4. The van der Waals surface area contributed by atoms with Crippen LogP contribution >= 0.6 is 0 Å². The Balaban J connectivity index is 1.55. The number of nitrogens with zero attached hydrogens (tertiary/aromatic N) is 4. The molecule has 2 aromatic rings. The van der Waals surface area contributed by atoms with Gasteiger partial charge in [-0.05, 0) is 43.1 Å². The summed E-state index contributed by atoms with van der Waals surface area (Å²) >= 11 is 0. The Morgan fingerprint density at radius 1 is 1.03 bits per heavy atom. The van der Waals surface area contributed by atoms with Gasteiger partial charge in [-0.3, -0.25) is 0 Å². The maximum Gasteiger partial charge on any atom is 0.191 e. The van der Waals surface area contributed by atoms with E-state index in [1.807, 2.05) is 6.20 Å². The van der Waals surface area contributed by atoms with E-state index >= 15 is 0 Å². The van der Waals surface area contributed by atoms with Crippen molar-refractivity contribution in [3.05, 3.63) is 59.3 Å². The lowest BCUT2D eigenvalue weighted by molar-refractivity contribution is 0.270. The van der Waals surface area contributed by atoms with Crippen molar-refractivity contribution in [3.8, 4) is 0 Å². The number of benzene rings is 1. The monoisotopic (exact) mass is 394 g/mol. The molecule has 6 nitrogen and oxygen atoms in total. The lowest BCUT2D eigenvalue weighted by Gasteiger charge is -2.34. The summed E-state index contributed by atoms with van der Waals surface area (Å²) in [5, 5.41) is 6.75. The smallest absolute Gasteiger partial charge is 0.191 e. The van der Waals surface area contributed by atoms with E-state index in [1.54, 1.807) is 0 Å². The maximum absolute atomic E-state index is 4.73. The van der Waals surface area contributed by atoms with Gasteiger partial charge in [-0.25, -0.2) is 9.98 Å². The molecule has 1 aromatic carbocycles. The second-order valence-electron chi connectivity index (χ2n) is 7.42. The van der Waals surface area contributed by atoms with Crippen molar-refractivity contribution in [1.29, 1.82) is 0 Å². The molecule has 0 radical (unpaired) electrons. The second-order valence-corrected chi connectivity index (χ2v) is 7.42. The lowest BCUT2D eigenvalue weighted by atomic mass is 10.1. The number of piperazine rings is 1. The largest absolute Gasteiger partial charge is 0.357 e. The summed E-state index contributed by atoms with van der Waals surface area (Å²) < 4.78 is 0. The van der Waals surface area contributed by atoms with E-state index in [2.05, 4.69) is 82.6 Å². The Kier molecular flexibility index (Phi) is 7.87. The highest BCUT2D eigenvalue weighted by molar-refractivity contribution is 5.79. The molecule has 1 aliphatic rings. The Labute approximate surface area is 175 Å². The fourth-order valence-corrected chi connectivity index (χ4v) is 3.49. The number of guanidine groups is 1. The quantitative estimate of drug-likeness (QED) is 0.559. The van der Waals surface area contributed by atoms with Crippen molar-refractivity contribution < 1.29 is 0 Å². The summed E-state index contributed by atoms with van der Waals surface area (Å²) in [4.78, 5) is 14.3. The van der Waals surface area contributed by atoms with Crippen molar-refractivity contribution in [1.82, 2.24) is 20.5 Å². The number of pyridine rings is 1. The van der Waals surface area contributed by atoms with Crippen LogP contribution in [0.5, 0.6) is 0 Å². The van der Waals surface area contributed by atoms with Gasteiger partial charge in [-0.2, -0.15) is 0 Å². The van der Waals surface area contributed by atoms with Crippen LogP contribution in [0.3, 0.4) is 0 Å². The van der Waals surface area contributed by atoms with E-state index in [9.17, 15) is 0 Å². The van der Waals surface area contributed by atoms with Gasteiger partial charge < -0.3 is 20.4 Å². The van der Waals surface area contributed by atoms with E-state index in [0.717, 1.165) is 63.2 Å². The normalized spacial score (nSPS) is 15.4. The third-order valence-electron chi connectivity index (χ3n) is 5.42. The minimum atomic E-state index is 0.611. The van der Waals surface area contributed by atoms with Crippen molar-refractivity contribution in [2.45, 2.75) is 33.9 Å². The first-order chi connectivity index (χ1) is 14.2. The molecule has 6 heteroatoms. The summed E-state index contributed by atoms with van der Waals surface area (Å²) in [6.07, 6.45) is 1.95. The Morgan fingerprint density at radius 3 is 2.48 bits per heavy atom. The first-order valence-electron chi connectivity index (χ1n) is 10.7. The Bertz CT molecular complexity index is 778. The first kappa shape index (κ1) is 21.1. The number of hydrogen-bond donors (Lipinski definition) is 2. The van der Waals surface area contributed by atoms with Crippen LogP contribution in [0, 0.1) is 6.92 Å². The number of anilines is 1. The van der Waals surface area contributed by atoms with Gasteiger partial charge in [0.2, 0.25) is 0 Å². The summed E-state index contributed by atoms with van der Waals surface area (Å²) in [5.41, 5.74) is 3.69. The van der Waals surface area contributed by atoms with Crippen LogP contribution in [0.2, 0.25) is 0 Å². The van der Waals surface area contributed by atoms with Crippen LogP contribution < -0.4 is 15.5 Å². The minimum Gasteiger partial charge on any atom is -0.357 e. The van der Waals surface area contributed by atoms with Crippen molar-refractivity contribution in [3.63, 3.8) is 0 Å². The predicted molar refractivity (Wildman–Crippen MR) is 121 cm³/mol. The van der Waals surface area contributed by atoms with Gasteiger partial charge in [0.15, 0.2) is 5.96 Å². The number of aryl methyl sites for hydroxylation is 1. The van der Waals surface area contributed by atoms with E-state index < -0.39 is 0 Å². The van der Waals surface area contributed by atoms with Crippen LogP contribution in [0.4, 0.5) is 5.82 Å². The molecule has 1 aliphatic heterocycles. The van der Waals surface area contributed by atoms with Gasteiger partial charge >= 0.3 is 0 Å². The van der Waals surface area contributed by atoms with E-state index in [0.29, 0.717) is 6.54 Å². The van der Waals surface area contributed by atoms with Crippen molar-refractivity contribution in [2.24, 2.45) is 4.99 Å². The number of likely N-dealkylation sites (N-methyl/N-ethyl adjacent to an activating group) is 1. The zero-order chi connectivity index (χ0) is 20.5. The topological polar surface area (TPSA) is 55.8 Å². The van der Waals surface area contributed by atoms with Crippen LogP contribution in [-0.2, 0) is 13.1 Å². The number of nitrogens with one attached hydrogen (secondary N) is 2. The zero-order valence-corrected chi connectivity index (χ0v) is 18.0. The molecule has 1 aromatic heterocycles. The highest BCUT2D eigenvalue weighted by Crippen LogP contribution is 2.14. The molecule has 2 heterocycles. The number of aromatic nitrogens is 1. The molecule has 3 rings (SSSR count). The average Bonchev–Trinajstić information content (AvgIpc) is 2.77. The zero-order valence-electron chi connectivity index (χ0n) is 18.0. The van der Waals surface area contributed by atoms with Gasteiger partial charge in [-0.1, -0.05) is 37.3 Å². The summed E-state index contributed by atoms with van der Waals surface area (Å²) in [7, 11) is 0. The fraction of sp³-hybridized carbons (Fsp3) is 0.478. The van der Waals surface area contributed by atoms with Crippen LogP contribution in [0.15, 0.2) is 47.6 Å². The minimum absolute atomic E-state index is 0.611. The Morgan fingerprint density at radius 2 is 1.83 bits per heavy atom. The third-order valence-corrected chi connectivity index (χ3v) is 5.42. The number of rotatable bonds is 7. The molecule has 0 amide bonds. The van der Waals surface area contributed by atoms with Crippen LogP contribution in [0.1, 0.15) is 30.5 Å². The van der Waals surface area contributed by atoms with Gasteiger partial charge in [-0.15, -0.1) is 0 Å². The molecule has 0 saturated carbocycles. The highest BCUT2D eigenvalue weighted by atomic mass is 15.3. The maximum atomic E-state index is 4.73. The van der Waals surface area contributed by atoms with Gasteiger partial charge in [0.1, 0.15) is 5.82 Å². The molecular formula is C23H34N6. The van der Waals surface area contributed by atoms with E-state index in [1.165, 1.54) is 11.1 Å². The van der Waals surface area contributed by atoms with Crippen LogP contribution in [0.25, 0.3) is 0 Å². The third kappa shape index (κ3) is 6.19. The van der Waals surface area contributed by atoms with Crippen LogP contribution in [-0.4, -0.2) is 55.1 Å². The lowest BCUT2D eigenvalue weighted by Crippen LogP contribution is -2.46. The molecule has 1 saturated heterocycles. The highest BCUT2D eigenvalue weighted by Gasteiger charge is 2.16. The fourth-order valence-electron chi connectivity index (χ4n) is 3.49. The average molecular weight is 395 g/mol. The molecule has 29 heavy (non-hydrogen) atoms. The molecule has 156 valence electrons. The molecule has 0 bridgehead atoms. The molecule has 2 N–H and O–H groups in total. The number of aliphatic imine (C=N–C) groups is 1.